The van der Waals surface area contributed by atoms with Crippen molar-refractivity contribution in [3.05, 3.63) is 29.8 Å². The van der Waals surface area contributed by atoms with E-state index in [1.807, 2.05) is 0 Å². The van der Waals surface area contributed by atoms with Crippen LogP contribution in [0.25, 0.3) is 0 Å². The number of nitrogens with zero attached hydrogens (tertiary/aromatic N) is 1. The standard InChI is InChI=1S/C10H12N2O2/c1-7(2)11-12-10(14)8-5-3-4-6-9(8)13/h3-6,13H,1-2H3,(H,12,14). The molecule has 0 aliphatic carbocycles. The number of hydrazone groups is 1. The van der Waals surface area contributed by atoms with Gasteiger partial charge in [0, 0.05) is 5.71 Å². The van der Waals surface area contributed by atoms with Crippen LogP contribution >= 0.6 is 0 Å². The van der Waals surface area contributed by atoms with Gasteiger partial charge < -0.3 is 5.11 Å². The van der Waals surface area contributed by atoms with Crippen molar-refractivity contribution in [1.29, 1.82) is 0 Å². The fraction of sp³-hybridized carbons (Fsp3) is 0.200. The van der Waals surface area contributed by atoms with Gasteiger partial charge in [0.1, 0.15) is 5.75 Å². The Kier molecular flexibility index (Phi) is 3.23. The average Bonchev–Trinajstić information content (AvgIpc) is 2.15. The fourth-order valence-electron chi connectivity index (χ4n) is 0.888. The number of aromatic hydroxyl groups is 1. The Bertz CT molecular complexity index is 368. The molecule has 0 saturated heterocycles. The molecule has 0 saturated carbocycles. The molecule has 0 aromatic heterocycles. The van der Waals surface area contributed by atoms with E-state index in [4.69, 9.17) is 0 Å². The number of benzene rings is 1. The molecule has 1 aromatic carbocycles. The van der Waals surface area contributed by atoms with Crippen molar-refractivity contribution in [1.82, 2.24) is 5.43 Å². The van der Waals surface area contributed by atoms with Gasteiger partial charge in [-0.1, -0.05) is 12.1 Å². The molecule has 0 fully saturated rings. The third-order valence-corrected chi connectivity index (χ3v) is 1.53. The molecule has 0 radical (unpaired) electrons. The molecule has 2 N–H and O–H groups in total. The number of carbonyl (C=O) groups is 1. The van der Waals surface area contributed by atoms with Crippen LogP contribution in [0.5, 0.6) is 5.75 Å². The highest BCUT2D eigenvalue weighted by atomic mass is 16.3. The van der Waals surface area contributed by atoms with Crippen molar-refractivity contribution in [3.8, 4) is 5.75 Å². The summed E-state index contributed by atoms with van der Waals surface area (Å²) in [6.45, 7) is 3.54. The van der Waals surface area contributed by atoms with E-state index < -0.39 is 5.91 Å². The first-order chi connectivity index (χ1) is 6.61. The number of rotatable bonds is 2. The zero-order valence-electron chi connectivity index (χ0n) is 8.11. The molecule has 0 aliphatic heterocycles. The number of hydrogen-bond acceptors (Lipinski definition) is 3. The zero-order chi connectivity index (χ0) is 10.6. The van der Waals surface area contributed by atoms with Gasteiger partial charge in [0.15, 0.2) is 0 Å². The maximum Gasteiger partial charge on any atom is 0.275 e. The highest BCUT2D eigenvalue weighted by Gasteiger charge is 2.08. The van der Waals surface area contributed by atoms with Crippen molar-refractivity contribution in [3.63, 3.8) is 0 Å². The largest absolute Gasteiger partial charge is 0.507 e. The maximum atomic E-state index is 11.4. The molecule has 1 aromatic rings. The van der Waals surface area contributed by atoms with Gasteiger partial charge in [-0.05, 0) is 26.0 Å². The Hall–Kier alpha value is -1.84. The van der Waals surface area contributed by atoms with Gasteiger partial charge in [0.05, 0.1) is 5.56 Å². The fourth-order valence-corrected chi connectivity index (χ4v) is 0.888. The summed E-state index contributed by atoms with van der Waals surface area (Å²) in [5.41, 5.74) is 3.29. The van der Waals surface area contributed by atoms with Crippen LogP contribution < -0.4 is 5.43 Å². The minimum atomic E-state index is -0.413. The van der Waals surface area contributed by atoms with Crippen LogP contribution in [0.15, 0.2) is 29.4 Å². The predicted molar refractivity (Wildman–Crippen MR) is 54.4 cm³/mol. The summed E-state index contributed by atoms with van der Waals surface area (Å²) in [5, 5.41) is 13.1. The maximum absolute atomic E-state index is 11.4. The molecule has 14 heavy (non-hydrogen) atoms. The summed E-state index contributed by atoms with van der Waals surface area (Å²) < 4.78 is 0. The molecule has 4 nitrogen and oxygen atoms in total. The van der Waals surface area contributed by atoms with Crippen LogP contribution in [0.2, 0.25) is 0 Å². The van der Waals surface area contributed by atoms with Crippen LogP contribution in [0.3, 0.4) is 0 Å². The highest BCUT2D eigenvalue weighted by molar-refractivity contribution is 5.97. The number of carbonyl (C=O) groups excluding carboxylic acids is 1. The molecule has 4 heteroatoms. The number of hydrogen-bond donors (Lipinski definition) is 2. The summed E-state index contributed by atoms with van der Waals surface area (Å²) in [5.74, 6) is -0.460. The highest BCUT2D eigenvalue weighted by Crippen LogP contribution is 2.14. The first-order valence-corrected chi connectivity index (χ1v) is 4.20. The summed E-state index contributed by atoms with van der Waals surface area (Å²) >= 11 is 0. The van der Waals surface area contributed by atoms with Gasteiger partial charge in [0.2, 0.25) is 0 Å². The van der Waals surface area contributed by atoms with E-state index >= 15 is 0 Å². The van der Waals surface area contributed by atoms with Crippen molar-refractivity contribution >= 4 is 11.6 Å². The summed E-state index contributed by atoms with van der Waals surface area (Å²) in [7, 11) is 0. The molecule has 0 bridgehead atoms. The van der Waals surface area contributed by atoms with Gasteiger partial charge in [-0.15, -0.1) is 0 Å². The lowest BCUT2D eigenvalue weighted by Gasteiger charge is -2.02. The number of amides is 1. The van der Waals surface area contributed by atoms with Crippen LogP contribution in [0.4, 0.5) is 0 Å². The molecule has 0 unspecified atom stereocenters. The van der Waals surface area contributed by atoms with Crippen molar-refractivity contribution < 1.29 is 9.90 Å². The second kappa shape index (κ2) is 4.41. The molecule has 0 atom stereocenters. The quantitative estimate of drug-likeness (QED) is 0.551. The minimum Gasteiger partial charge on any atom is -0.507 e. The lowest BCUT2D eigenvalue weighted by atomic mass is 10.2. The van der Waals surface area contributed by atoms with Crippen LogP contribution in [-0.2, 0) is 0 Å². The number of phenols is 1. The topological polar surface area (TPSA) is 61.7 Å². The molecule has 0 aliphatic rings. The van der Waals surface area contributed by atoms with E-state index in [1.54, 1.807) is 26.0 Å². The lowest BCUT2D eigenvalue weighted by Crippen LogP contribution is -2.18. The van der Waals surface area contributed by atoms with Crippen LogP contribution in [0, 0.1) is 0 Å². The second-order valence-corrected chi connectivity index (χ2v) is 3.02. The third kappa shape index (κ3) is 2.58. The minimum absolute atomic E-state index is 0.0473. The Morgan fingerprint density at radius 2 is 2.00 bits per heavy atom. The SMILES string of the molecule is CC(C)=NNC(=O)c1ccccc1O. The third-order valence-electron chi connectivity index (χ3n) is 1.53. The molecular weight excluding hydrogens is 180 g/mol. The Labute approximate surface area is 82.3 Å². The molecule has 1 amide bonds. The number of nitrogens with one attached hydrogen (secondary N) is 1. The van der Waals surface area contributed by atoms with Gasteiger partial charge >= 0.3 is 0 Å². The van der Waals surface area contributed by atoms with E-state index in [-0.39, 0.29) is 11.3 Å². The molecule has 0 heterocycles. The van der Waals surface area contributed by atoms with Crippen molar-refractivity contribution in [2.75, 3.05) is 0 Å². The van der Waals surface area contributed by atoms with E-state index in [9.17, 15) is 9.90 Å². The molecule has 1 rings (SSSR count). The van der Waals surface area contributed by atoms with Gasteiger partial charge in [0.25, 0.3) is 5.91 Å². The zero-order valence-corrected chi connectivity index (χ0v) is 8.11. The second-order valence-electron chi connectivity index (χ2n) is 3.02. The van der Waals surface area contributed by atoms with Crippen molar-refractivity contribution in [2.45, 2.75) is 13.8 Å². The molecule has 74 valence electrons. The van der Waals surface area contributed by atoms with E-state index in [0.717, 1.165) is 5.71 Å². The summed E-state index contributed by atoms with van der Waals surface area (Å²) in [6, 6.07) is 6.32. The Morgan fingerprint density at radius 3 is 2.57 bits per heavy atom. The predicted octanol–water partition coefficient (Wildman–Crippen LogP) is 1.52. The van der Waals surface area contributed by atoms with Crippen LogP contribution in [-0.4, -0.2) is 16.7 Å². The number of phenolic OH excluding ortho intramolecular Hbond substituents is 1. The smallest absolute Gasteiger partial charge is 0.275 e. The van der Waals surface area contributed by atoms with Crippen LogP contribution in [0.1, 0.15) is 24.2 Å². The van der Waals surface area contributed by atoms with E-state index in [0.29, 0.717) is 0 Å². The molecule has 0 spiro atoms. The van der Waals surface area contributed by atoms with Gasteiger partial charge in [-0.3, -0.25) is 4.79 Å². The summed E-state index contributed by atoms with van der Waals surface area (Å²) in [6.07, 6.45) is 0. The Morgan fingerprint density at radius 1 is 1.36 bits per heavy atom. The van der Waals surface area contributed by atoms with Crippen molar-refractivity contribution in [2.24, 2.45) is 5.10 Å². The van der Waals surface area contributed by atoms with Gasteiger partial charge in [-0.2, -0.15) is 5.10 Å². The average molecular weight is 192 g/mol. The Balaban J connectivity index is 2.80. The number of para-hydroxylation sites is 1. The van der Waals surface area contributed by atoms with E-state index in [1.165, 1.54) is 12.1 Å². The molecular formula is C10H12N2O2. The monoisotopic (exact) mass is 192 g/mol. The first-order valence-electron chi connectivity index (χ1n) is 4.20. The summed E-state index contributed by atoms with van der Waals surface area (Å²) in [4.78, 5) is 11.4. The van der Waals surface area contributed by atoms with E-state index in [2.05, 4.69) is 10.5 Å². The normalized spacial score (nSPS) is 9.29. The first kappa shape index (κ1) is 10.2. The lowest BCUT2D eigenvalue weighted by molar-refractivity contribution is 0.0952. The van der Waals surface area contributed by atoms with Gasteiger partial charge in [-0.25, -0.2) is 5.43 Å².